The standard InChI is InChI=1S/C12H24N2O2/c1-4-5-8-13-11(15)14-9-6-7-12(2,10-14)16-3/h4-10H2,1-3H3,(H,13,15). The normalized spacial score (nSPS) is 25.6. The van der Waals surface area contributed by atoms with Crippen LogP contribution in [-0.2, 0) is 4.74 Å². The van der Waals surface area contributed by atoms with Crippen LogP contribution >= 0.6 is 0 Å². The van der Waals surface area contributed by atoms with Crippen LogP contribution in [0.5, 0.6) is 0 Å². The van der Waals surface area contributed by atoms with Gasteiger partial charge in [-0.1, -0.05) is 13.3 Å². The van der Waals surface area contributed by atoms with Gasteiger partial charge < -0.3 is 15.0 Å². The SMILES string of the molecule is CCCCNC(=O)N1CCCC(C)(OC)C1. The molecule has 4 nitrogen and oxygen atoms in total. The summed E-state index contributed by atoms with van der Waals surface area (Å²) < 4.78 is 5.46. The Bertz CT molecular complexity index is 233. The second kappa shape index (κ2) is 6.09. The smallest absolute Gasteiger partial charge is 0.317 e. The molecular formula is C12H24N2O2. The van der Waals surface area contributed by atoms with E-state index >= 15 is 0 Å². The number of unbranched alkanes of at least 4 members (excludes halogenated alkanes) is 1. The molecular weight excluding hydrogens is 204 g/mol. The van der Waals surface area contributed by atoms with Gasteiger partial charge in [-0.25, -0.2) is 4.79 Å². The minimum Gasteiger partial charge on any atom is -0.377 e. The Morgan fingerprint density at radius 2 is 2.31 bits per heavy atom. The van der Waals surface area contributed by atoms with Crippen LogP contribution in [0.1, 0.15) is 39.5 Å². The molecule has 0 radical (unpaired) electrons. The highest BCUT2D eigenvalue weighted by molar-refractivity contribution is 5.74. The predicted octanol–water partition coefficient (Wildman–Crippen LogP) is 2.00. The third kappa shape index (κ3) is 3.67. The highest BCUT2D eigenvalue weighted by Crippen LogP contribution is 2.23. The van der Waals surface area contributed by atoms with Crippen molar-refractivity contribution >= 4 is 6.03 Å². The lowest BCUT2D eigenvalue weighted by molar-refractivity contribution is -0.0401. The average molecular weight is 228 g/mol. The Balaban J connectivity index is 2.38. The van der Waals surface area contributed by atoms with Gasteiger partial charge in [-0.3, -0.25) is 0 Å². The number of ether oxygens (including phenoxy) is 1. The number of urea groups is 1. The van der Waals surface area contributed by atoms with Gasteiger partial charge in [0.25, 0.3) is 0 Å². The Hall–Kier alpha value is -0.770. The first kappa shape index (κ1) is 13.3. The fourth-order valence-electron chi connectivity index (χ4n) is 2.03. The van der Waals surface area contributed by atoms with Gasteiger partial charge in [0.15, 0.2) is 0 Å². The monoisotopic (exact) mass is 228 g/mol. The van der Waals surface area contributed by atoms with E-state index in [1.807, 2.05) is 4.90 Å². The molecule has 1 rings (SSSR count). The van der Waals surface area contributed by atoms with E-state index in [0.717, 1.165) is 38.8 Å². The van der Waals surface area contributed by atoms with Gasteiger partial charge >= 0.3 is 6.03 Å². The van der Waals surface area contributed by atoms with Crippen LogP contribution in [0.2, 0.25) is 0 Å². The molecule has 0 aliphatic carbocycles. The van der Waals surface area contributed by atoms with Crippen molar-refractivity contribution in [1.29, 1.82) is 0 Å². The number of hydrogen-bond donors (Lipinski definition) is 1. The largest absolute Gasteiger partial charge is 0.377 e. The molecule has 2 amide bonds. The van der Waals surface area contributed by atoms with Crippen molar-refractivity contribution in [2.45, 2.75) is 45.1 Å². The van der Waals surface area contributed by atoms with Crippen LogP contribution in [0.15, 0.2) is 0 Å². The highest BCUT2D eigenvalue weighted by atomic mass is 16.5. The van der Waals surface area contributed by atoms with Gasteiger partial charge in [0.1, 0.15) is 0 Å². The third-order valence-electron chi connectivity index (χ3n) is 3.25. The lowest BCUT2D eigenvalue weighted by Crippen LogP contribution is -2.52. The number of nitrogens with one attached hydrogen (secondary N) is 1. The van der Waals surface area contributed by atoms with Crippen LogP contribution in [0, 0.1) is 0 Å². The van der Waals surface area contributed by atoms with Crippen LogP contribution in [0.25, 0.3) is 0 Å². The summed E-state index contributed by atoms with van der Waals surface area (Å²) in [5.41, 5.74) is -0.166. The number of piperidine rings is 1. The second-order valence-corrected chi connectivity index (χ2v) is 4.76. The molecule has 1 aliphatic rings. The topological polar surface area (TPSA) is 41.6 Å². The summed E-state index contributed by atoms with van der Waals surface area (Å²) in [4.78, 5) is 13.7. The summed E-state index contributed by atoms with van der Waals surface area (Å²) in [6.45, 7) is 6.50. The Kier molecular flexibility index (Phi) is 5.06. The van der Waals surface area contributed by atoms with E-state index in [4.69, 9.17) is 4.74 Å². The number of methoxy groups -OCH3 is 1. The molecule has 4 heteroatoms. The molecule has 16 heavy (non-hydrogen) atoms. The summed E-state index contributed by atoms with van der Waals surface area (Å²) in [7, 11) is 1.72. The number of amides is 2. The zero-order valence-corrected chi connectivity index (χ0v) is 10.7. The van der Waals surface area contributed by atoms with E-state index in [0.29, 0.717) is 6.54 Å². The molecule has 0 aromatic rings. The van der Waals surface area contributed by atoms with Crippen LogP contribution in [-0.4, -0.2) is 43.3 Å². The van der Waals surface area contributed by atoms with Crippen molar-refractivity contribution in [3.05, 3.63) is 0 Å². The number of hydrogen-bond acceptors (Lipinski definition) is 2. The number of carbonyl (C=O) groups excluding carboxylic acids is 1. The summed E-state index contributed by atoms with van der Waals surface area (Å²) >= 11 is 0. The first-order valence-corrected chi connectivity index (χ1v) is 6.19. The van der Waals surface area contributed by atoms with Gasteiger partial charge in [0.05, 0.1) is 12.1 Å². The molecule has 1 fully saturated rings. The van der Waals surface area contributed by atoms with Gasteiger partial charge in [0.2, 0.25) is 0 Å². The Morgan fingerprint density at radius 1 is 1.56 bits per heavy atom. The molecule has 1 N–H and O–H groups in total. The van der Waals surface area contributed by atoms with Gasteiger partial charge in [0, 0.05) is 20.2 Å². The van der Waals surface area contributed by atoms with Crippen LogP contribution in [0.3, 0.4) is 0 Å². The predicted molar refractivity (Wildman–Crippen MR) is 64.5 cm³/mol. The molecule has 0 bridgehead atoms. The maximum atomic E-state index is 11.8. The highest BCUT2D eigenvalue weighted by Gasteiger charge is 2.32. The van der Waals surface area contributed by atoms with E-state index < -0.39 is 0 Å². The molecule has 1 aliphatic heterocycles. The number of likely N-dealkylation sites (tertiary alicyclic amines) is 1. The van der Waals surface area contributed by atoms with Crippen molar-refractivity contribution in [2.24, 2.45) is 0 Å². The van der Waals surface area contributed by atoms with E-state index in [2.05, 4.69) is 19.2 Å². The van der Waals surface area contributed by atoms with E-state index in [1.54, 1.807) is 7.11 Å². The van der Waals surface area contributed by atoms with Crippen molar-refractivity contribution in [2.75, 3.05) is 26.7 Å². The van der Waals surface area contributed by atoms with E-state index in [1.165, 1.54) is 0 Å². The Morgan fingerprint density at radius 3 is 2.94 bits per heavy atom. The maximum absolute atomic E-state index is 11.8. The average Bonchev–Trinajstić information content (AvgIpc) is 2.29. The fraction of sp³-hybridized carbons (Fsp3) is 0.917. The fourth-order valence-corrected chi connectivity index (χ4v) is 2.03. The van der Waals surface area contributed by atoms with E-state index in [-0.39, 0.29) is 11.6 Å². The third-order valence-corrected chi connectivity index (χ3v) is 3.25. The zero-order valence-electron chi connectivity index (χ0n) is 10.7. The molecule has 0 spiro atoms. The minimum atomic E-state index is -0.166. The first-order valence-electron chi connectivity index (χ1n) is 6.19. The molecule has 1 heterocycles. The van der Waals surface area contributed by atoms with E-state index in [9.17, 15) is 4.79 Å². The first-order chi connectivity index (χ1) is 7.61. The minimum absolute atomic E-state index is 0.0522. The molecule has 1 unspecified atom stereocenters. The molecule has 1 saturated heterocycles. The van der Waals surface area contributed by atoms with Crippen molar-refractivity contribution in [3.8, 4) is 0 Å². The second-order valence-electron chi connectivity index (χ2n) is 4.76. The van der Waals surface area contributed by atoms with Gasteiger partial charge in [-0.05, 0) is 26.2 Å². The van der Waals surface area contributed by atoms with Crippen LogP contribution in [0.4, 0.5) is 4.79 Å². The summed E-state index contributed by atoms with van der Waals surface area (Å²) in [6.07, 6.45) is 4.20. The van der Waals surface area contributed by atoms with Crippen LogP contribution < -0.4 is 5.32 Å². The lowest BCUT2D eigenvalue weighted by Gasteiger charge is -2.39. The molecule has 0 aromatic heterocycles. The summed E-state index contributed by atoms with van der Waals surface area (Å²) in [5.74, 6) is 0. The molecule has 0 aromatic carbocycles. The maximum Gasteiger partial charge on any atom is 0.317 e. The van der Waals surface area contributed by atoms with Crippen molar-refractivity contribution < 1.29 is 9.53 Å². The molecule has 1 atom stereocenters. The summed E-state index contributed by atoms with van der Waals surface area (Å²) in [6, 6.07) is 0.0522. The zero-order chi connectivity index (χ0) is 12.0. The Labute approximate surface area is 98.3 Å². The van der Waals surface area contributed by atoms with Crippen molar-refractivity contribution in [1.82, 2.24) is 10.2 Å². The number of rotatable bonds is 4. The van der Waals surface area contributed by atoms with Gasteiger partial charge in [-0.15, -0.1) is 0 Å². The quantitative estimate of drug-likeness (QED) is 0.748. The number of carbonyl (C=O) groups is 1. The number of nitrogens with zero attached hydrogens (tertiary/aromatic N) is 1. The molecule has 94 valence electrons. The molecule has 0 saturated carbocycles. The summed E-state index contributed by atoms with van der Waals surface area (Å²) in [5, 5.41) is 2.95. The van der Waals surface area contributed by atoms with Crippen molar-refractivity contribution in [3.63, 3.8) is 0 Å². The lowest BCUT2D eigenvalue weighted by atomic mass is 9.95. The van der Waals surface area contributed by atoms with Gasteiger partial charge in [-0.2, -0.15) is 0 Å².